The summed E-state index contributed by atoms with van der Waals surface area (Å²) in [5.74, 6) is -0.145. The summed E-state index contributed by atoms with van der Waals surface area (Å²) in [6.07, 6.45) is 1.29. The molecule has 0 atom stereocenters. The van der Waals surface area contributed by atoms with Crippen molar-refractivity contribution in [3.05, 3.63) is 28.2 Å². The molecule has 1 N–H and O–H groups in total. The van der Waals surface area contributed by atoms with E-state index >= 15 is 0 Å². The number of anilines is 1. The Kier molecular flexibility index (Phi) is 6.82. The Balaban J connectivity index is 2.70. The number of amides is 2. The van der Waals surface area contributed by atoms with Crippen LogP contribution in [0.25, 0.3) is 0 Å². The molecular weight excluding hydrogens is 299 g/mol. The van der Waals surface area contributed by atoms with Gasteiger partial charge in [0, 0.05) is 42.2 Å². The lowest BCUT2D eigenvalue weighted by molar-refractivity contribution is -0.121. The van der Waals surface area contributed by atoms with Gasteiger partial charge in [-0.3, -0.25) is 9.59 Å². The number of nitrogens with one attached hydrogen (secondary N) is 1. The summed E-state index contributed by atoms with van der Waals surface area (Å²) in [6.45, 7) is 4.17. The van der Waals surface area contributed by atoms with E-state index in [1.54, 1.807) is 18.2 Å². The van der Waals surface area contributed by atoms with Gasteiger partial charge in [0.25, 0.3) is 0 Å². The highest BCUT2D eigenvalue weighted by atomic mass is 35.5. The normalized spacial score (nSPS) is 10.2. The zero-order chi connectivity index (χ0) is 15.1. The van der Waals surface area contributed by atoms with Gasteiger partial charge >= 0.3 is 0 Å². The van der Waals surface area contributed by atoms with Crippen molar-refractivity contribution in [1.29, 1.82) is 0 Å². The molecule has 0 unspecified atom stereocenters. The summed E-state index contributed by atoms with van der Waals surface area (Å²) >= 11 is 11.9. The molecule has 0 aliphatic rings. The fourth-order valence-corrected chi connectivity index (χ4v) is 2.30. The monoisotopic (exact) mass is 316 g/mol. The van der Waals surface area contributed by atoms with Crippen LogP contribution in [0.3, 0.4) is 0 Å². The molecule has 0 aromatic heterocycles. The van der Waals surface area contributed by atoms with E-state index in [0.717, 1.165) is 6.42 Å². The van der Waals surface area contributed by atoms with E-state index in [1.165, 1.54) is 11.8 Å². The summed E-state index contributed by atoms with van der Waals surface area (Å²) < 4.78 is 0. The van der Waals surface area contributed by atoms with Gasteiger partial charge in [-0.15, -0.1) is 0 Å². The number of carbonyl (C=O) groups is 2. The minimum atomic E-state index is -0.131. The molecule has 0 fully saturated rings. The molecule has 6 heteroatoms. The second-order valence-electron chi connectivity index (χ2n) is 4.40. The average Bonchev–Trinajstić information content (AvgIpc) is 2.33. The van der Waals surface area contributed by atoms with Gasteiger partial charge in [-0.25, -0.2) is 0 Å². The molecule has 20 heavy (non-hydrogen) atoms. The first kappa shape index (κ1) is 16.8. The van der Waals surface area contributed by atoms with Gasteiger partial charge in [-0.2, -0.15) is 0 Å². The zero-order valence-corrected chi connectivity index (χ0v) is 13.1. The molecular formula is C14H18Cl2N2O2. The quantitative estimate of drug-likeness (QED) is 0.875. The van der Waals surface area contributed by atoms with Crippen LogP contribution < -0.4 is 10.2 Å². The van der Waals surface area contributed by atoms with Crippen molar-refractivity contribution in [2.24, 2.45) is 0 Å². The molecule has 0 heterocycles. The Morgan fingerprint density at radius 1 is 1.20 bits per heavy atom. The van der Waals surface area contributed by atoms with Crippen LogP contribution in [0.2, 0.25) is 10.0 Å². The maximum absolute atomic E-state index is 11.7. The maximum atomic E-state index is 11.7. The van der Waals surface area contributed by atoms with Gasteiger partial charge < -0.3 is 10.2 Å². The van der Waals surface area contributed by atoms with Gasteiger partial charge in [0.15, 0.2) is 0 Å². The molecule has 4 nitrogen and oxygen atoms in total. The summed E-state index contributed by atoms with van der Waals surface area (Å²) in [5.41, 5.74) is 0.625. The SMILES string of the molecule is CCCC(=O)NCCN(C(C)=O)c1cc(Cl)cc(Cl)c1. The van der Waals surface area contributed by atoms with E-state index in [2.05, 4.69) is 5.32 Å². The van der Waals surface area contributed by atoms with Gasteiger partial charge in [-0.05, 0) is 24.6 Å². The van der Waals surface area contributed by atoms with Crippen molar-refractivity contribution in [2.75, 3.05) is 18.0 Å². The van der Waals surface area contributed by atoms with Gasteiger partial charge in [0.1, 0.15) is 0 Å². The summed E-state index contributed by atoms with van der Waals surface area (Å²) in [4.78, 5) is 24.6. The lowest BCUT2D eigenvalue weighted by Crippen LogP contribution is -2.37. The second kappa shape index (κ2) is 8.12. The minimum absolute atomic E-state index is 0.0138. The largest absolute Gasteiger partial charge is 0.354 e. The fraction of sp³-hybridized carbons (Fsp3) is 0.429. The van der Waals surface area contributed by atoms with Crippen molar-refractivity contribution in [2.45, 2.75) is 26.7 Å². The van der Waals surface area contributed by atoms with Crippen LogP contribution in [0.5, 0.6) is 0 Å². The Bertz CT molecular complexity index is 472. The molecule has 0 saturated carbocycles. The standard InChI is InChI=1S/C14H18Cl2N2O2/c1-3-4-14(20)17-5-6-18(10(2)19)13-8-11(15)7-12(16)9-13/h7-9H,3-6H2,1-2H3,(H,17,20). The lowest BCUT2D eigenvalue weighted by Gasteiger charge is -2.22. The first-order valence-corrected chi connectivity index (χ1v) is 7.20. The number of rotatable bonds is 6. The van der Waals surface area contributed by atoms with E-state index < -0.39 is 0 Å². The third-order valence-electron chi connectivity index (χ3n) is 2.67. The molecule has 1 aromatic rings. The molecule has 0 bridgehead atoms. The Morgan fingerprint density at radius 2 is 1.80 bits per heavy atom. The smallest absolute Gasteiger partial charge is 0.223 e. The van der Waals surface area contributed by atoms with Crippen LogP contribution in [0.4, 0.5) is 5.69 Å². The van der Waals surface area contributed by atoms with E-state index in [4.69, 9.17) is 23.2 Å². The third-order valence-corrected chi connectivity index (χ3v) is 3.11. The summed E-state index contributed by atoms with van der Waals surface area (Å²) in [5, 5.41) is 3.70. The minimum Gasteiger partial charge on any atom is -0.354 e. The summed E-state index contributed by atoms with van der Waals surface area (Å²) in [6, 6.07) is 4.94. The molecule has 0 saturated heterocycles. The van der Waals surface area contributed by atoms with E-state index in [9.17, 15) is 9.59 Å². The number of benzene rings is 1. The lowest BCUT2D eigenvalue weighted by atomic mass is 10.2. The molecule has 0 aliphatic heterocycles. The molecule has 1 aromatic carbocycles. The van der Waals surface area contributed by atoms with Crippen LogP contribution in [0, 0.1) is 0 Å². The van der Waals surface area contributed by atoms with Crippen LogP contribution in [-0.2, 0) is 9.59 Å². The Hall–Kier alpha value is -1.26. The zero-order valence-electron chi connectivity index (χ0n) is 11.6. The maximum Gasteiger partial charge on any atom is 0.223 e. The molecule has 0 spiro atoms. The molecule has 0 radical (unpaired) electrons. The highest BCUT2D eigenvalue weighted by Gasteiger charge is 2.13. The van der Waals surface area contributed by atoms with Crippen LogP contribution in [0.15, 0.2) is 18.2 Å². The van der Waals surface area contributed by atoms with Crippen molar-refractivity contribution < 1.29 is 9.59 Å². The average molecular weight is 317 g/mol. The number of carbonyl (C=O) groups excluding carboxylic acids is 2. The van der Waals surface area contributed by atoms with Gasteiger partial charge in [0.2, 0.25) is 11.8 Å². The first-order chi connectivity index (χ1) is 9.43. The Labute approximate surface area is 129 Å². The fourth-order valence-electron chi connectivity index (χ4n) is 1.79. The van der Waals surface area contributed by atoms with Gasteiger partial charge in [0.05, 0.1) is 0 Å². The van der Waals surface area contributed by atoms with Crippen molar-refractivity contribution in [1.82, 2.24) is 5.32 Å². The van der Waals surface area contributed by atoms with Crippen molar-refractivity contribution in [3.8, 4) is 0 Å². The van der Waals surface area contributed by atoms with Crippen LogP contribution in [-0.4, -0.2) is 24.9 Å². The topological polar surface area (TPSA) is 49.4 Å². The third kappa shape index (κ3) is 5.39. The van der Waals surface area contributed by atoms with Crippen molar-refractivity contribution >= 4 is 40.7 Å². The number of nitrogens with zero attached hydrogens (tertiary/aromatic N) is 1. The number of hydrogen-bond donors (Lipinski definition) is 1. The molecule has 0 aliphatic carbocycles. The number of hydrogen-bond acceptors (Lipinski definition) is 2. The van der Waals surface area contributed by atoms with E-state index in [1.807, 2.05) is 6.92 Å². The van der Waals surface area contributed by atoms with Crippen LogP contribution >= 0.6 is 23.2 Å². The molecule has 110 valence electrons. The predicted molar refractivity (Wildman–Crippen MR) is 82.4 cm³/mol. The highest BCUT2D eigenvalue weighted by molar-refractivity contribution is 6.35. The van der Waals surface area contributed by atoms with Crippen molar-refractivity contribution in [3.63, 3.8) is 0 Å². The Morgan fingerprint density at radius 3 is 2.30 bits per heavy atom. The molecule has 2 amide bonds. The highest BCUT2D eigenvalue weighted by Crippen LogP contribution is 2.25. The summed E-state index contributed by atoms with van der Waals surface area (Å²) in [7, 11) is 0. The second-order valence-corrected chi connectivity index (χ2v) is 5.27. The predicted octanol–water partition coefficient (Wildman–Crippen LogP) is 3.26. The molecule has 1 rings (SSSR count). The van der Waals surface area contributed by atoms with E-state index in [-0.39, 0.29) is 11.8 Å². The first-order valence-electron chi connectivity index (χ1n) is 6.45. The number of halogens is 2. The van der Waals surface area contributed by atoms with E-state index in [0.29, 0.717) is 35.2 Å². The van der Waals surface area contributed by atoms with Gasteiger partial charge in [-0.1, -0.05) is 30.1 Å². The van der Waals surface area contributed by atoms with Crippen LogP contribution in [0.1, 0.15) is 26.7 Å².